The summed E-state index contributed by atoms with van der Waals surface area (Å²) in [7, 11) is -3.17. The maximum absolute atomic E-state index is 11.0. The predicted octanol–water partition coefficient (Wildman–Crippen LogP) is -0.135. The first-order valence-electron chi connectivity index (χ1n) is 5.79. The van der Waals surface area contributed by atoms with Gasteiger partial charge < -0.3 is 5.11 Å². The third kappa shape index (κ3) is 5.99. The molecular weight excluding hydrogens is 244 g/mol. The molecule has 0 radical (unpaired) electrons. The minimum atomic E-state index is -3.17. The van der Waals surface area contributed by atoms with Crippen LogP contribution in [0.25, 0.3) is 0 Å². The number of likely N-dealkylation sites (tertiary alicyclic amines) is 1. The summed E-state index contributed by atoms with van der Waals surface area (Å²) in [5.41, 5.74) is 0. The van der Waals surface area contributed by atoms with Gasteiger partial charge in [0.25, 0.3) is 0 Å². The zero-order chi connectivity index (χ0) is 12.9. The molecule has 0 amide bonds. The Bertz CT molecular complexity index is 355. The molecule has 6 nitrogen and oxygen atoms in total. The van der Waals surface area contributed by atoms with Crippen LogP contribution in [0.15, 0.2) is 0 Å². The smallest absolute Gasteiger partial charge is 0.304 e. The molecule has 1 aliphatic rings. The normalized spacial score (nSPS) is 22.5. The molecule has 0 saturated carbocycles. The van der Waals surface area contributed by atoms with Gasteiger partial charge >= 0.3 is 5.97 Å². The monoisotopic (exact) mass is 264 g/mol. The molecule has 1 fully saturated rings. The Morgan fingerprint density at radius 1 is 1.47 bits per heavy atom. The minimum Gasteiger partial charge on any atom is -0.481 e. The summed E-state index contributed by atoms with van der Waals surface area (Å²) < 4.78 is 24.5. The molecule has 0 aromatic rings. The maximum atomic E-state index is 11.0. The van der Waals surface area contributed by atoms with E-state index in [9.17, 15) is 13.2 Å². The highest BCUT2D eigenvalue weighted by Gasteiger charge is 2.23. The first kappa shape index (κ1) is 14.4. The lowest BCUT2D eigenvalue weighted by atomic mass is 10.0. The summed E-state index contributed by atoms with van der Waals surface area (Å²) in [6.07, 6.45) is 4.28. The molecular formula is C10H20N2O4S. The SMILES string of the molecule is CS(=O)(=O)NC[C@H]1CCCCN1CCC(=O)O. The van der Waals surface area contributed by atoms with E-state index in [0.29, 0.717) is 13.1 Å². The van der Waals surface area contributed by atoms with Gasteiger partial charge in [0.1, 0.15) is 0 Å². The van der Waals surface area contributed by atoms with E-state index < -0.39 is 16.0 Å². The second-order valence-corrected chi connectivity index (χ2v) is 6.28. The van der Waals surface area contributed by atoms with Gasteiger partial charge in [-0.25, -0.2) is 13.1 Å². The van der Waals surface area contributed by atoms with E-state index in [4.69, 9.17) is 5.11 Å². The average Bonchev–Trinajstić information content (AvgIpc) is 2.23. The molecule has 1 heterocycles. The van der Waals surface area contributed by atoms with E-state index in [1.807, 2.05) is 0 Å². The first-order valence-corrected chi connectivity index (χ1v) is 7.68. The molecule has 7 heteroatoms. The first-order chi connectivity index (χ1) is 7.88. The van der Waals surface area contributed by atoms with E-state index in [1.54, 1.807) is 0 Å². The van der Waals surface area contributed by atoms with E-state index in [-0.39, 0.29) is 12.5 Å². The van der Waals surface area contributed by atoms with Gasteiger partial charge in [-0.1, -0.05) is 6.42 Å². The zero-order valence-corrected chi connectivity index (χ0v) is 10.9. The summed E-state index contributed by atoms with van der Waals surface area (Å²) in [4.78, 5) is 12.6. The lowest BCUT2D eigenvalue weighted by Gasteiger charge is -2.35. The van der Waals surface area contributed by atoms with E-state index in [2.05, 4.69) is 9.62 Å². The Labute approximate surface area is 102 Å². The van der Waals surface area contributed by atoms with Crippen LogP contribution < -0.4 is 4.72 Å². The Morgan fingerprint density at radius 3 is 2.76 bits per heavy atom. The summed E-state index contributed by atoms with van der Waals surface area (Å²) >= 11 is 0. The molecule has 2 N–H and O–H groups in total. The van der Waals surface area contributed by atoms with Gasteiger partial charge in [0.2, 0.25) is 10.0 Å². The molecule has 100 valence electrons. The van der Waals surface area contributed by atoms with Crippen molar-refractivity contribution in [2.75, 3.05) is 25.9 Å². The van der Waals surface area contributed by atoms with Gasteiger partial charge in [-0.15, -0.1) is 0 Å². The molecule has 1 aliphatic heterocycles. The van der Waals surface area contributed by atoms with Crippen LogP contribution in [0.2, 0.25) is 0 Å². The minimum absolute atomic E-state index is 0.107. The van der Waals surface area contributed by atoms with Crippen LogP contribution in [0.1, 0.15) is 25.7 Å². The molecule has 17 heavy (non-hydrogen) atoms. The van der Waals surface area contributed by atoms with Gasteiger partial charge in [0, 0.05) is 19.1 Å². The van der Waals surface area contributed by atoms with Gasteiger partial charge in [-0.3, -0.25) is 9.69 Å². The lowest BCUT2D eigenvalue weighted by Crippen LogP contribution is -2.47. The van der Waals surface area contributed by atoms with Crippen LogP contribution in [-0.2, 0) is 14.8 Å². The molecule has 0 unspecified atom stereocenters. The van der Waals surface area contributed by atoms with Gasteiger partial charge in [-0.2, -0.15) is 0 Å². The molecule has 0 aromatic carbocycles. The van der Waals surface area contributed by atoms with Crippen LogP contribution in [0.3, 0.4) is 0 Å². The van der Waals surface area contributed by atoms with Crippen LogP contribution in [0.4, 0.5) is 0 Å². The van der Waals surface area contributed by atoms with Crippen molar-refractivity contribution in [2.24, 2.45) is 0 Å². The van der Waals surface area contributed by atoms with Crippen molar-refractivity contribution in [1.29, 1.82) is 0 Å². The van der Waals surface area contributed by atoms with Crippen molar-refractivity contribution in [3.05, 3.63) is 0 Å². The number of aliphatic carboxylic acids is 1. The van der Waals surface area contributed by atoms with Gasteiger partial charge in [-0.05, 0) is 19.4 Å². The van der Waals surface area contributed by atoms with Gasteiger partial charge in [0.15, 0.2) is 0 Å². The Hall–Kier alpha value is -0.660. The van der Waals surface area contributed by atoms with Crippen LogP contribution >= 0.6 is 0 Å². The standard InChI is InChI=1S/C10H20N2O4S/c1-17(15,16)11-8-9-4-2-3-6-12(9)7-5-10(13)14/h9,11H,2-8H2,1H3,(H,13,14)/t9-/m1/s1. The molecule has 0 spiro atoms. The Morgan fingerprint density at radius 2 is 2.18 bits per heavy atom. The highest BCUT2D eigenvalue weighted by Crippen LogP contribution is 2.16. The van der Waals surface area contributed by atoms with Crippen LogP contribution in [-0.4, -0.2) is 56.3 Å². The molecule has 0 aromatic heterocycles. The van der Waals surface area contributed by atoms with Crippen molar-refractivity contribution < 1.29 is 18.3 Å². The number of carboxylic acid groups (broad SMARTS) is 1. The fourth-order valence-electron chi connectivity index (χ4n) is 2.07. The molecule has 1 saturated heterocycles. The Balaban J connectivity index is 2.45. The highest BCUT2D eigenvalue weighted by atomic mass is 32.2. The number of nitrogens with one attached hydrogen (secondary N) is 1. The summed E-state index contributed by atoms with van der Waals surface area (Å²) in [5.74, 6) is -0.814. The number of carboxylic acids is 1. The maximum Gasteiger partial charge on any atom is 0.304 e. The molecule has 0 aliphatic carbocycles. The number of piperidine rings is 1. The highest BCUT2D eigenvalue weighted by molar-refractivity contribution is 7.88. The third-order valence-corrected chi connectivity index (χ3v) is 3.63. The Kier molecular flexibility index (Phi) is 5.35. The fraction of sp³-hybridized carbons (Fsp3) is 0.900. The van der Waals surface area contributed by atoms with Crippen molar-refractivity contribution in [3.8, 4) is 0 Å². The quantitative estimate of drug-likeness (QED) is 0.697. The predicted molar refractivity (Wildman–Crippen MR) is 64.3 cm³/mol. The fourth-order valence-corrected chi connectivity index (χ4v) is 2.57. The number of rotatable bonds is 6. The number of nitrogens with zero attached hydrogens (tertiary/aromatic N) is 1. The van der Waals surface area contributed by atoms with Crippen molar-refractivity contribution in [2.45, 2.75) is 31.7 Å². The van der Waals surface area contributed by atoms with E-state index >= 15 is 0 Å². The number of hydrogen-bond acceptors (Lipinski definition) is 4. The third-order valence-electron chi connectivity index (χ3n) is 2.94. The molecule has 0 bridgehead atoms. The van der Waals surface area contributed by atoms with E-state index in [1.165, 1.54) is 0 Å². The van der Waals surface area contributed by atoms with Crippen molar-refractivity contribution >= 4 is 16.0 Å². The molecule has 1 atom stereocenters. The summed E-state index contributed by atoms with van der Waals surface area (Å²) in [6.45, 7) is 1.72. The van der Waals surface area contributed by atoms with E-state index in [0.717, 1.165) is 32.1 Å². The number of hydrogen-bond donors (Lipinski definition) is 2. The number of carbonyl (C=O) groups is 1. The summed E-state index contributed by atoms with van der Waals surface area (Å²) in [6, 6.07) is 0.123. The second-order valence-electron chi connectivity index (χ2n) is 4.45. The topological polar surface area (TPSA) is 86.7 Å². The lowest BCUT2D eigenvalue weighted by molar-refractivity contribution is -0.137. The summed E-state index contributed by atoms with van der Waals surface area (Å²) in [5, 5.41) is 8.65. The van der Waals surface area contributed by atoms with Crippen LogP contribution in [0.5, 0.6) is 0 Å². The van der Waals surface area contributed by atoms with Crippen molar-refractivity contribution in [3.63, 3.8) is 0 Å². The van der Waals surface area contributed by atoms with Crippen molar-refractivity contribution in [1.82, 2.24) is 9.62 Å². The van der Waals surface area contributed by atoms with Gasteiger partial charge in [0.05, 0.1) is 12.7 Å². The largest absolute Gasteiger partial charge is 0.481 e. The average molecular weight is 264 g/mol. The zero-order valence-electron chi connectivity index (χ0n) is 10.1. The molecule has 1 rings (SSSR count). The number of sulfonamides is 1. The second kappa shape index (κ2) is 6.32. The van der Waals surface area contributed by atoms with Crippen LogP contribution in [0, 0.1) is 0 Å².